The molecule has 77 heavy (non-hydrogen) atoms. The van der Waals surface area contributed by atoms with Crippen molar-refractivity contribution in [1.82, 2.24) is 13.7 Å². The summed E-state index contributed by atoms with van der Waals surface area (Å²) in [4.78, 5) is 0. The van der Waals surface area contributed by atoms with Gasteiger partial charge in [-0.15, -0.1) is 0 Å². The van der Waals surface area contributed by atoms with Gasteiger partial charge in [0.05, 0.1) is 38.8 Å². The van der Waals surface area contributed by atoms with Crippen LogP contribution in [-0.2, 0) is 16.2 Å². The SMILES string of the molecule is CC(C)c1cc(-c2ccc3c4ccc(-n5c6ccccc6c6cc(C(C)(C)C)ccc65)cc4n(-c4cccc(C5CCCCC5)c4)c3c2)c2c(c1)-c1c(-n3c4ccccc4c4cc(C(C)(C)C)ccc43)cccc1C2(C)C. The highest BCUT2D eigenvalue weighted by Crippen LogP contribution is 2.56. The summed E-state index contributed by atoms with van der Waals surface area (Å²) in [5, 5.41) is 7.75. The first-order valence-corrected chi connectivity index (χ1v) is 28.6. The van der Waals surface area contributed by atoms with Gasteiger partial charge in [0.25, 0.3) is 0 Å². The third-order valence-electron chi connectivity index (χ3n) is 18.3. The summed E-state index contributed by atoms with van der Waals surface area (Å²) in [5.74, 6) is 0.927. The standard InChI is InChI=1S/C74H71N3/c1-45(2)49-39-58(71-61(40-49)70-62(74(71,9)10)26-19-29-67(70)77-64-28-17-15-25-55(64)60-43-51(73(6,7)8)32-37-66(60)77)48-30-34-56-57-35-33-53(75-63-27-16-14-24-54(63)59-42-50(72(3,4)5)31-36-65(59)75)44-69(57)76(68(56)41-48)52-23-18-22-47(38-52)46-20-12-11-13-21-46/h14-19,22-46H,11-13,20-21H2,1-10H3. The maximum absolute atomic E-state index is 2.60. The molecular formula is C74H71N3. The minimum absolute atomic E-state index is 0.0434. The monoisotopic (exact) mass is 1000 g/mol. The van der Waals surface area contributed by atoms with E-state index >= 15 is 0 Å². The maximum Gasteiger partial charge on any atom is 0.0561 e. The molecule has 0 bridgehead atoms. The van der Waals surface area contributed by atoms with Gasteiger partial charge in [0.2, 0.25) is 0 Å². The van der Waals surface area contributed by atoms with Crippen molar-refractivity contribution in [2.45, 2.75) is 129 Å². The largest absolute Gasteiger partial charge is 0.309 e. The molecule has 0 atom stereocenters. The first-order chi connectivity index (χ1) is 37.0. The van der Waals surface area contributed by atoms with Crippen LogP contribution in [0.5, 0.6) is 0 Å². The van der Waals surface area contributed by atoms with E-state index in [1.54, 1.807) is 0 Å². The Morgan fingerprint density at radius 1 is 0.442 bits per heavy atom. The second-order valence-corrected chi connectivity index (χ2v) is 25.8. The van der Waals surface area contributed by atoms with Crippen molar-refractivity contribution in [3.63, 3.8) is 0 Å². The molecular weight excluding hydrogens is 931 g/mol. The van der Waals surface area contributed by atoms with Gasteiger partial charge in [-0.2, -0.15) is 0 Å². The van der Waals surface area contributed by atoms with Gasteiger partial charge in [0, 0.05) is 54.7 Å². The van der Waals surface area contributed by atoms with Crippen LogP contribution >= 0.6 is 0 Å². The maximum atomic E-state index is 2.60. The van der Waals surface area contributed by atoms with Crippen molar-refractivity contribution in [2.75, 3.05) is 0 Å². The van der Waals surface area contributed by atoms with E-state index in [0.717, 1.165) is 0 Å². The number of hydrogen-bond donors (Lipinski definition) is 0. The van der Waals surface area contributed by atoms with Crippen LogP contribution in [0.2, 0.25) is 0 Å². The lowest BCUT2D eigenvalue weighted by molar-refractivity contribution is 0.443. The predicted octanol–water partition coefficient (Wildman–Crippen LogP) is 20.7. The number of benzene rings is 9. The van der Waals surface area contributed by atoms with E-state index in [9.17, 15) is 0 Å². The molecule has 0 aliphatic heterocycles. The first kappa shape index (κ1) is 47.8. The van der Waals surface area contributed by atoms with E-state index in [-0.39, 0.29) is 16.2 Å². The average Bonchev–Trinajstić information content (AvgIpc) is 4.14. The minimum atomic E-state index is -0.273. The molecule has 0 N–H and O–H groups in total. The molecule has 0 saturated heterocycles. The number of nitrogens with zero attached hydrogens (tertiary/aromatic N) is 3. The van der Waals surface area contributed by atoms with Crippen LogP contribution in [0.1, 0.15) is 147 Å². The van der Waals surface area contributed by atoms with E-state index in [1.165, 1.54) is 170 Å². The van der Waals surface area contributed by atoms with Crippen LogP contribution in [-0.4, -0.2) is 13.7 Å². The molecule has 12 aromatic rings. The molecule has 3 nitrogen and oxygen atoms in total. The molecule has 0 amide bonds. The highest BCUT2D eigenvalue weighted by molar-refractivity contribution is 6.14. The van der Waals surface area contributed by atoms with Crippen LogP contribution in [0.15, 0.2) is 176 Å². The molecule has 0 spiro atoms. The first-order valence-electron chi connectivity index (χ1n) is 28.6. The van der Waals surface area contributed by atoms with E-state index in [0.29, 0.717) is 11.8 Å². The minimum Gasteiger partial charge on any atom is -0.309 e. The molecule has 9 aromatic carbocycles. The van der Waals surface area contributed by atoms with E-state index in [4.69, 9.17) is 0 Å². The fourth-order valence-electron chi connectivity index (χ4n) is 14.1. The summed E-state index contributed by atoms with van der Waals surface area (Å²) in [6.45, 7) is 23.5. The number of rotatable bonds is 6. The van der Waals surface area contributed by atoms with Gasteiger partial charge in [0.15, 0.2) is 0 Å². The number of aromatic nitrogens is 3. The summed E-state index contributed by atoms with van der Waals surface area (Å²) < 4.78 is 7.67. The summed E-state index contributed by atoms with van der Waals surface area (Å²) in [7, 11) is 0. The van der Waals surface area contributed by atoms with Gasteiger partial charge in [0.1, 0.15) is 0 Å². The van der Waals surface area contributed by atoms with Crippen LogP contribution in [0.3, 0.4) is 0 Å². The van der Waals surface area contributed by atoms with Gasteiger partial charge in [-0.3, -0.25) is 0 Å². The van der Waals surface area contributed by atoms with E-state index in [1.807, 2.05) is 0 Å². The molecule has 3 heteroatoms. The third-order valence-corrected chi connectivity index (χ3v) is 18.3. The van der Waals surface area contributed by atoms with Crippen LogP contribution in [0.4, 0.5) is 0 Å². The fraction of sp³-hybridized carbons (Fsp3) is 0.270. The van der Waals surface area contributed by atoms with Crippen molar-refractivity contribution in [2.24, 2.45) is 0 Å². The Kier molecular flexibility index (Phi) is 10.7. The summed E-state index contributed by atoms with van der Waals surface area (Å²) in [6.07, 6.45) is 6.50. The fourth-order valence-corrected chi connectivity index (χ4v) is 14.1. The zero-order chi connectivity index (χ0) is 52.9. The topological polar surface area (TPSA) is 14.8 Å². The Bertz CT molecular complexity index is 4390. The number of fused-ring (bicyclic) bond motifs is 12. The molecule has 2 aliphatic carbocycles. The Morgan fingerprint density at radius 3 is 1.65 bits per heavy atom. The lowest BCUT2D eigenvalue weighted by Crippen LogP contribution is -2.16. The second-order valence-electron chi connectivity index (χ2n) is 25.8. The van der Waals surface area contributed by atoms with Crippen molar-refractivity contribution in [3.05, 3.63) is 209 Å². The number of para-hydroxylation sites is 2. The summed E-state index contributed by atoms with van der Waals surface area (Å²) in [5.41, 5.74) is 24.5. The van der Waals surface area contributed by atoms with Crippen molar-refractivity contribution in [3.8, 4) is 39.3 Å². The molecule has 1 fully saturated rings. The van der Waals surface area contributed by atoms with Gasteiger partial charge >= 0.3 is 0 Å². The Balaban J connectivity index is 1.01. The van der Waals surface area contributed by atoms with Crippen LogP contribution in [0.25, 0.3) is 105 Å². The van der Waals surface area contributed by atoms with Gasteiger partial charge in [-0.05, 0) is 158 Å². The molecule has 0 unspecified atom stereocenters. The molecule has 14 rings (SSSR count). The normalized spacial score (nSPS) is 15.1. The highest BCUT2D eigenvalue weighted by atomic mass is 15.0. The Morgan fingerprint density at radius 2 is 0.987 bits per heavy atom. The molecule has 0 radical (unpaired) electrons. The second kappa shape index (κ2) is 17.2. The zero-order valence-electron chi connectivity index (χ0n) is 46.8. The molecule has 3 aromatic heterocycles. The molecule has 382 valence electrons. The van der Waals surface area contributed by atoms with Crippen molar-refractivity contribution >= 4 is 65.4 Å². The predicted molar refractivity (Wildman–Crippen MR) is 330 cm³/mol. The lowest BCUT2D eigenvalue weighted by atomic mass is 9.78. The molecule has 2 aliphatic rings. The Hall–Kier alpha value is -7.62. The number of hydrogen-bond acceptors (Lipinski definition) is 0. The summed E-state index contributed by atoms with van der Waals surface area (Å²) in [6, 6.07) is 68.7. The Labute approximate surface area is 454 Å². The molecule has 1 saturated carbocycles. The van der Waals surface area contributed by atoms with E-state index < -0.39 is 0 Å². The highest BCUT2D eigenvalue weighted by Gasteiger charge is 2.40. The quantitative estimate of drug-likeness (QED) is 0.158. The van der Waals surface area contributed by atoms with E-state index in [2.05, 4.69) is 259 Å². The van der Waals surface area contributed by atoms with Gasteiger partial charge in [-0.25, -0.2) is 0 Å². The zero-order valence-corrected chi connectivity index (χ0v) is 46.8. The van der Waals surface area contributed by atoms with Crippen molar-refractivity contribution in [1.29, 1.82) is 0 Å². The molecule has 3 heterocycles. The third kappa shape index (κ3) is 7.36. The lowest BCUT2D eigenvalue weighted by Gasteiger charge is -2.26. The van der Waals surface area contributed by atoms with Crippen molar-refractivity contribution < 1.29 is 0 Å². The summed E-state index contributed by atoms with van der Waals surface area (Å²) >= 11 is 0. The average molecular weight is 1000 g/mol. The van der Waals surface area contributed by atoms with Crippen LogP contribution in [0, 0.1) is 0 Å². The van der Waals surface area contributed by atoms with Crippen LogP contribution < -0.4 is 0 Å². The van der Waals surface area contributed by atoms with Gasteiger partial charge in [-0.1, -0.05) is 192 Å². The van der Waals surface area contributed by atoms with Gasteiger partial charge < -0.3 is 13.7 Å². The smallest absolute Gasteiger partial charge is 0.0561 e.